The van der Waals surface area contributed by atoms with E-state index in [-0.39, 0.29) is 0 Å². The summed E-state index contributed by atoms with van der Waals surface area (Å²) in [6.07, 6.45) is 0. The highest BCUT2D eigenvalue weighted by Gasteiger charge is 2.19. The molecule has 1 atom stereocenters. The maximum absolute atomic E-state index is 11.8. The standard InChI is InChI=1S/C11H18N2O2S/c1-9-4-6-11(7-5-9)13-16(14,15)10(2)8-12-3/h4-7,10,12-13H,8H2,1-3H3. The van der Waals surface area contributed by atoms with Crippen LogP contribution in [-0.4, -0.2) is 27.3 Å². The molecule has 90 valence electrons. The minimum absolute atomic E-state index is 0.432. The first kappa shape index (κ1) is 13.0. The van der Waals surface area contributed by atoms with Crippen molar-refractivity contribution in [3.63, 3.8) is 0 Å². The highest BCUT2D eigenvalue weighted by atomic mass is 32.2. The topological polar surface area (TPSA) is 58.2 Å². The second-order valence-electron chi connectivity index (χ2n) is 3.88. The zero-order valence-corrected chi connectivity index (χ0v) is 10.6. The Morgan fingerprint density at radius 1 is 1.25 bits per heavy atom. The average molecular weight is 242 g/mol. The zero-order chi connectivity index (χ0) is 12.2. The van der Waals surface area contributed by atoms with Crippen LogP contribution in [0.2, 0.25) is 0 Å². The van der Waals surface area contributed by atoms with Gasteiger partial charge in [-0.25, -0.2) is 8.42 Å². The van der Waals surface area contributed by atoms with Crippen LogP contribution in [0, 0.1) is 6.92 Å². The molecule has 0 aliphatic rings. The van der Waals surface area contributed by atoms with Crippen LogP contribution in [0.3, 0.4) is 0 Å². The van der Waals surface area contributed by atoms with E-state index in [1.165, 1.54) is 0 Å². The van der Waals surface area contributed by atoms with Gasteiger partial charge in [0.15, 0.2) is 0 Å². The van der Waals surface area contributed by atoms with E-state index in [9.17, 15) is 8.42 Å². The van der Waals surface area contributed by atoms with Gasteiger partial charge < -0.3 is 5.32 Å². The van der Waals surface area contributed by atoms with Gasteiger partial charge >= 0.3 is 0 Å². The number of anilines is 1. The zero-order valence-electron chi connectivity index (χ0n) is 9.82. The molecule has 1 unspecified atom stereocenters. The first-order valence-corrected chi connectivity index (χ1v) is 6.73. The van der Waals surface area contributed by atoms with Crippen LogP contribution in [0.15, 0.2) is 24.3 Å². The summed E-state index contributed by atoms with van der Waals surface area (Å²) in [5.41, 5.74) is 1.71. The molecule has 5 heteroatoms. The van der Waals surface area contributed by atoms with Crippen molar-refractivity contribution in [3.05, 3.63) is 29.8 Å². The summed E-state index contributed by atoms with van der Waals surface area (Å²) in [4.78, 5) is 0. The molecule has 0 fully saturated rings. The van der Waals surface area contributed by atoms with Crippen LogP contribution in [0.4, 0.5) is 5.69 Å². The Morgan fingerprint density at radius 3 is 2.31 bits per heavy atom. The molecule has 1 aromatic rings. The van der Waals surface area contributed by atoms with Crippen molar-refractivity contribution in [1.29, 1.82) is 0 Å². The van der Waals surface area contributed by atoms with Crippen molar-refractivity contribution < 1.29 is 8.42 Å². The van der Waals surface area contributed by atoms with Gasteiger partial charge in [0.25, 0.3) is 0 Å². The van der Waals surface area contributed by atoms with Crippen molar-refractivity contribution in [3.8, 4) is 0 Å². The minimum atomic E-state index is -3.30. The normalized spacial score (nSPS) is 13.4. The van der Waals surface area contributed by atoms with Crippen LogP contribution in [0.5, 0.6) is 0 Å². The number of rotatable bonds is 5. The number of hydrogen-bond acceptors (Lipinski definition) is 3. The number of hydrogen-bond donors (Lipinski definition) is 2. The second-order valence-corrected chi connectivity index (χ2v) is 5.98. The van der Waals surface area contributed by atoms with E-state index < -0.39 is 15.3 Å². The lowest BCUT2D eigenvalue weighted by molar-refractivity contribution is 0.584. The first-order valence-electron chi connectivity index (χ1n) is 5.18. The van der Waals surface area contributed by atoms with Crippen LogP contribution in [0.1, 0.15) is 12.5 Å². The van der Waals surface area contributed by atoms with Gasteiger partial charge in [-0.3, -0.25) is 4.72 Å². The van der Waals surface area contributed by atoms with E-state index in [0.29, 0.717) is 12.2 Å². The van der Waals surface area contributed by atoms with Crippen LogP contribution < -0.4 is 10.0 Å². The summed E-state index contributed by atoms with van der Waals surface area (Å²) in [5, 5.41) is 2.39. The maximum Gasteiger partial charge on any atom is 0.236 e. The first-order chi connectivity index (χ1) is 7.45. The quantitative estimate of drug-likeness (QED) is 0.819. The third kappa shape index (κ3) is 3.50. The monoisotopic (exact) mass is 242 g/mol. The van der Waals surface area contributed by atoms with E-state index in [2.05, 4.69) is 10.0 Å². The van der Waals surface area contributed by atoms with Crippen molar-refractivity contribution in [2.45, 2.75) is 19.1 Å². The molecule has 0 radical (unpaired) electrons. The lowest BCUT2D eigenvalue weighted by atomic mass is 10.2. The predicted octanol–water partition coefficient (Wildman–Crippen LogP) is 1.34. The number of benzene rings is 1. The van der Waals surface area contributed by atoms with Gasteiger partial charge in [-0.2, -0.15) is 0 Å². The fraction of sp³-hybridized carbons (Fsp3) is 0.455. The molecule has 0 aliphatic carbocycles. The summed E-state index contributed by atoms with van der Waals surface area (Å²) in [6.45, 7) is 4.07. The van der Waals surface area contributed by atoms with Crippen LogP contribution in [-0.2, 0) is 10.0 Å². The molecule has 0 bridgehead atoms. The summed E-state index contributed by atoms with van der Waals surface area (Å²) >= 11 is 0. The molecule has 0 saturated heterocycles. The molecule has 4 nitrogen and oxygen atoms in total. The molecule has 0 spiro atoms. The van der Waals surface area contributed by atoms with E-state index >= 15 is 0 Å². The molecule has 16 heavy (non-hydrogen) atoms. The number of aryl methyl sites for hydroxylation is 1. The van der Waals surface area contributed by atoms with Gasteiger partial charge in [0.1, 0.15) is 0 Å². The minimum Gasteiger partial charge on any atom is -0.318 e. The molecule has 1 rings (SSSR count). The van der Waals surface area contributed by atoms with Crippen molar-refractivity contribution in [2.75, 3.05) is 18.3 Å². The van der Waals surface area contributed by atoms with E-state index in [0.717, 1.165) is 5.56 Å². The molecular weight excluding hydrogens is 224 g/mol. The number of nitrogens with one attached hydrogen (secondary N) is 2. The third-order valence-corrected chi connectivity index (χ3v) is 4.08. The Morgan fingerprint density at radius 2 is 1.81 bits per heavy atom. The molecule has 0 aromatic heterocycles. The lowest BCUT2D eigenvalue weighted by Crippen LogP contribution is -2.33. The van der Waals surface area contributed by atoms with E-state index in [1.807, 2.05) is 19.1 Å². The molecule has 0 aliphatic heterocycles. The van der Waals surface area contributed by atoms with E-state index in [1.54, 1.807) is 26.1 Å². The van der Waals surface area contributed by atoms with Crippen molar-refractivity contribution in [2.24, 2.45) is 0 Å². The van der Waals surface area contributed by atoms with Crippen molar-refractivity contribution in [1.82, 2.24) is 5.32 Å². The predicted molar refractivity (Wildman–Crippen MR) is 67.1 cm³/mol. The summed E-state index contributed by atoms with van der Waals surface area (Å²) < 4.78 is 26.2. The number of sulfonamides is 1. The van der Waals surface area contributed by atoms with Crippen LogP contribution in [0.25, 0.3) is 0 Å². The summed E-state index contributed by atoms with van der Waals surface area (Å²) in [7, 11) is -1.57. The Hall–Kier alpha value is -1.07. The fourth-order valence-corrected chi connectivity index (χ4v) is 2.34. The second kappa shape index (κ2) is 5.32. The molecule has 1 aromatic carbocycles. The highest BCUT2D eigenvalue weighted by Crippen LogP contribution is 2.12. The van der Waals surface area contributed by atoms with Crippen molar-refractivity contribution >= 4 is 15.7 Å². The Labute approximate surface area is 97.1 Å². The smallest absolute Gasteiger partial charge is 0.236 e. The summed E-state index contributed by atoms with van der Waals surface area (Å²) in [5.74, 6) is 0. The lowest BCUT2D eigenvalue weighted by Gasteiger charge is -2.14. The molecule has 0 heterocycles. The van der Waals surface area contributed by atoms with E-state index in [4.69, 9.17) is 0 Å². The Balaban J connectivity index is 2.76. The van der Waals surface area contributed by atoms with Gasteiger partial charge in [-0.05, 0) is 33.0 Å². The Bertz CT molecular complexity index is 426. The maximum atomic E-state index is 11.8. The SMILES string of the molecule is CNCC(C)S(=O)(=O)Nc1ccc(C)cc1. The van der Waals surface area contributed by atoms with Gasteiger partial charge in [-0.15, -0.1) is 0 Å². The largest absolute Gasteiger partial charge is 0.318 e. The molecule has 2 N–H and O–H groups in total. The summed E-state index contributed by atoms with van der Waals surface area (Å²) in [6, 6.07) is 7.28. The average Bonchev–Trinajstić information content (AvgIpc) is 2.21. The van der Waals surface area contributed by atoms with Crippen LogP contribution >= 0.6 is 0 Å². The Kier molecular flexibility index (Phi) is 4.32. The molecule has 0 saturated carbocycles. The van der Waals surface area contributed by atoms with Gasteiger partial charge in [-0.1, -0.05) is 17.7 Å². The van der Waals surface area contributed by atoms with Gasteiger partial charge in [0, 0.05) is 12.2 Å². The third-order valence-electron chi connectivity index (χ3n) is 2.33. The fourth-order valence-electron chi connectivity index (χ4n) is 1.28. The van der Waals surface area contributed by atoms with Gasteiger partial charge in [0.05, 0.1) is 5.25 Å². The molecular formula is C11H18N2O2S. The van der Waals surface area contributed by atoms with Gasteiger partial charge in [0.2, 0.25) is 10.0 Å². The molecule has 0 amide bonds. The highest BCUT2D eigenvalue weighted by molar-refractivity contribution is 7.93.